The number of nitrogens with one attached hydrogen (secondary N) is 2. The van der Waals surface area contributed by atoms with Crippen molar-refractivity contribution in [2.24, 2.45) is 0 Å². The van der Waals surface area contributed by atoms with E-state index in [9.17, 15) is 9.59 Å². The first kappa shape index (κ1) is 18.2. The van der Waals surface area contributed by atoms with Gasteiger partial charge in [0.05, 0.1) is 0 Å². The Kier molecular flexibility index (Phi) is 6.11. The maximum atomic E-state index is 12.2. The van der Waals surface area contributed by atoms with Crippen LogP contribution in [0.25, 0.3) is 0 Å². The zero-order valence-corrected chi connectivity index (χ0v) is 13.9. The normalized spacial score (nSPS) is 13.0. The number of rotatable bonds is 6. The summed E-state index contributed by atoms with van der Waals surface area (Å²) in [5.74, 6) is -1.24. The summed E-state index contributed by atoms with van der Waals surface area (Å²) >= 11 is 0. The van der Waals surface area contributed by atoms with E-state index in [0.717, 1.165) is 5.56 Å². The summed E-state index contributed by atoms with van der Waals surface area (Å²) < 4.78 is 0. The van der Waals surface area contributed by atoms with Crippen LogP contribution in [0.15, 0.2) is 24.3 Å². The van der Waals surface area contributed by atoms with Crippen LogP contribution >= 0.6 is 0 Å². The molecule has 22 heavy (non-hydrogen) atoms. The van der Waals surface area contributed by atoms with Crippen molar-refractivity contribution in [2.75, 3.05) is 6.54 Å². The number of hydrogen-bond donors (Lipinski definition) is 3. The van der Waals surface area contributed by atoms with E-state index in [1.54, 1.807) is 6.07 Å². The monoisotopic (exact) mass is 306 g/mol. The van der Waals surface area contributed by atoms with E-state index in [4.69, 9.17) is 5.11 Å². The van der Waals surface area contributed by atoms with Crippen LogP contribution in [0.2, 0.25) is 0 Å². The second-order valence-corrected chi connectivity index (χ2v) is 6.75. The summed E-state index contributed by atoms with van der Waals surface area (Å²) in [6.45, 7) is 10.0. The van der Waals surface area contributed by atoms with Gasteiger partial charge < -0.3 is 15.7 Å². The zero-order chi connectivity index (χ0) is 16.9. The zero-order valence-electron chi connectivity index (χ0n) is 13.9. The lowest BCUT2D eigenvalue weighted by molar-refractivity contribution is -0.139. The molecule has 0 saturated carbocycles. The van der Waals surface area contributed by atoms with Crippen LogP contribution in [0.1, 0.15) is 50.5 Å². The van der Waals surface area contributed by atoms with E-state index < -0.39 is 12.0 Å². The van der Waals surface area contributed by atoms with Gasteiger partial charge in [-0.1, -0.05) is 46.8 Å². The molecule has 1 aromatic carbocycles. The molecule has 3 N–H and O–H groups in total. The molecule has 0 heterocycles. The predicted octanol–water partition coefficient (Wildman–Crippen LogP) is 2.17. The maximum Gasteiger partial charge on any atom is 0.322 e. The molecule has 0 fully saturated rings. The Morgan fingerprint density at radius 3 is 2.36 bits per heavy atom. The Labute approximate surface area is 132 Å². The summed E-state index contributed by atoms with van der Waals surface area (Å²) in [6, 6.07) is 6.64. The lowest BCUT2D eigenvalue weighted by Gasteiger charge is -2.20. The van der Waals surface area contributed by atoms with Gasteiger partial charge in [-0.3, -0.25) is 9.59 Å². The molecule has 0 aliphatic rings. The average Bonchev–Trinajstić information content (AvgIpc) is 2.41. The third-order valence-electron chi connectivity index (χ3n) is 3.29. The van der Waals surface area contributed by atoms with Crippen LogP contribution in [0.3, 0.4) is 0 Å². The van der Waals surface area contributed by atoms with Crippen molar-refractivity contribution in [2.45, 2.75) is 52.1 Å². The van der Waals surface area contributed by atoms with Crippen LogP contribution in [0.4, 0.5) is 0 Å². The van der Waals surface area contributed by atoms with E-state index in [-0.39, 0.29) is 23.9 Å². The van der Waals surface area contributed by atoms with Crippen LogP contribution < -0.4 is 10.6 Å². The fourth-order valence-corrected chi connectivity index (χ4v) is 2.04. The fourth-order valence-electron chi connectivity index (χ4n) is 2.04. The molecule has 0 saturated heterocycles. The molecule has 0 aliphatic carbocycles. The van der Waals surface area contributed by atoms with Crippen molar-refractivity contribution in [3.8, 4) is 0 Å². The largest absolute Gasteiger partial charge is 0.480 e. The highest BCUT2D eigenvalue weighted by molar-refractivity contribution is 5.94. The number of hydrogen-bond acceptors (Lipinski definition) is 3. The number of aliphatic carboxylic acids is 1. The molecule has 1 amide bonds. The van der Waals surface area contributed by atoms with E-state index in [0.29, 0.717) is 5.56 Å². The number of amides is 1. The number of carbonyl (C=O) groups is 2. The van der Waals surface area contributed by atoms with Crippen molar-refractivity contribution in [1.29, 1.82) is 0 Å². The molecule has 0 spiro atoms. The average molecular weight is 306 g/mol. The molecule has 5 nitrogen and oxygen atoms in total. The second-order valence-electron chi connectivity index (χ2n) is 6.75. The van der Waals surface area contributed by atoms with Gasteiger partial charge >= 0.3 is 5.97 Å². The molecular formula is C17H26N2O3. The summed E-state index contributed by atoms with van der Waals surface area (Å²) in [4.78, 5) is 23.4. The first-order valence-electron chi connectivity index (χ1n) is 7.49. The number of carboxylic acid groups (broad SMARTS) is 1. The van der Waals surface area contributed by atoms with Crippen LogP contribution in [0, 0.1) is 0 Å². The molecule has 1 rings (SSSR count). The minimum atomic E-state index is -0.975. The Hall–Kier alpha value is -1.88. The Balaban J connectivity index is 2.75. The quantitative estimate of drug-likeness (QED) is 0.752. The summed E-state index contributed by atoms with van der Waals surface area (Å²) in [7, 11) is 0. The fraction of sp³-hybridized carbons (Fsp3) is 0.529. The minimum absolute atomic E-state index is 0.0298. The van der Waals surface area contributed by atoms with E-state index in [2.05, 4.69) is 31.4 Å². The highest BCUT2D eigenvalue weighted by Crippen LogP contribution is 2.22. The van der Waals surface area contributed by atoms with Gasteiger partial charge in [-0.05, 0) is 23.1 Å². The standard InChI is InChI=1S/C17H26N2O3/c1-11(2)19-14(16(21)22)10-18-15(20)12-7-6-8-13(9-12)17(3,4)5/h6-9,11,14,19H,10H2,1-5H3,(H,18,20)(H,21,22)/t14-/m1/s1. The van der Waals surface area contributed by atoms with Crippen molar-refractivity contribution in [3.63, 3.8) is 0 Å². The lowest BCUT2D eigenvalue weighted by Crippen LogP contribution is -2.48. The predicted molar refractivity (Wildman–Crippen MR) is 87.2 cm³/mol. The van der Waals surface area contributed by atoms with Crippen LogP contribution in [0.5, 0.6) is 0 Å². The third kappa shape index (κ3) is 5.48. The Morgan fingerprint density at radius 1 is 1.23 bits per heavy atom. The Bertz CT molecular complexity index is 533. The van der Waals surface area contributed by atoms with Crippen molar-refractivity contribution >= 4 is 11.9 Å². The molecule has 0 aliphatic heterocycles. The van der Waals surface area contributed by atoms with Crippen LogP contribution in [-0.4, -0.2) is 35.6 Å². The SMILES string of the molecule is CC(C)N[C@H](CNC(=O)c1cccc(C(C)(C)C)c1)C(=O)O. The molecule has 1 aromatic rings. The highest BCUT2D eigenvalue weighted by atomic mass is 16.4. The molecule has 1 atom stereocenters. The summed E-state index contributed by atoms with van der Waals surface area (Å²) in [5.41, 5.74) is 1.57. The molecule has 0 unspecified atom stereocenters. The van der Waals surface area contributed by atoms with Crippen molar-refractivity contribution < 1.29 is 14.7 Å². The van der Waals surface area contributed by atoms with Gasteiger partial charge in [-0.25, -0.2) is 0 Å². The highest BCUT2D eigenvalue weighted by Gasteiger charge is 2.20. The van der Waals surface area contributed by atoms with E-state index in [1.807, 2.05) is 32.0 Å². The summed E-state index contributed by atoms with van der Waals surface area (Å²) in [6.07, 6.45) is 0. The third-order valence-corrected chi connectivity index (χ3v) is 3.29. The second kappa shape index (κ2) is 7.40. The summed E-state index contributed by atoms with van der Waals surface area (Å²) in [5, 5.41) is 14.7. The van der Waals surface area contributed by atoms with E-state index in [1.165, 1.54) is 0 Å². The lowest BCUT2D eigenvalue weighted by atomic mass is 9.86. The number of benzene rings is 1. The van der Waals surface area contributed by atoms with Gasteiger partial charge in [0.2, 0.25) is 0 Å². The topological polar surface area (TPSA) is 78.4 Å². The first-order valence-corrected chi connectivity index (χ1v) is 7.49. The molecule has 0 bridgehead atoms. The smallest absolute Gasteiger partial charge is 0.322 e. The van der Waals surface area contributed by atoms with Crippen LogP contribution in [-0.2, 0) is 10.2 Å². The molecular weight excluding hydrogens is 280 g/mol. The van der Waals surface area contributed by atoms with Gasteiger partial charge in [-0.15, -0.1) is 0 Å². The minimum Gasteiger partial charge on any atom is -0.480 e. The van der Waals surface area contributed by atoms with E-state index >= 15 is 0 Å². The van der Waals surface area contributed by atoms with Gasteiger partial charge in [0.25, 0.3) is 5.91 Å². The van der Waals surface area contributed by atoms with Crippen molar-refractivity contribution in [3.05, 3.63) is 35.4 Å². The maximum absolute atomic E-state index is 12.2. The number of carboxylic acids is 1. The van der Waals surface area contributed by atoms with Crippen molar-refractivity contribution in [1.82, 2.24) is 10.6 Å². The molecule has 5 heteroatoms. The van der Waals surface area contributed by atoms with Gasteiger partial charge in [0, 0.05) is 18.2 Å². The van der Waals surface area contributed by atoms with Gasteiger partial charge in [0.1, 0.15) is 6.04 Å². The first-order chi connectivity index (χ1) is 10.1. The van der Waals surface area contributed by atoms with Gasteiger partial charge in [-0.2, -0.15) is 0 Å². The molecule has 122 valence electrons. The molecule has 0 aromatic heterocycles. The van der Waals surface area contributed by atoms with Gasteiger partial charge in [0.15, 0.2) is 0 Å². The molecule has 0 radical (unpaired) electrons. The Morgan fingerprint density at radius 2 is 1.86 bits per heavy atom. The number of carbonyl (C=O) groups excluding carboxylic acids is 1.